The molecular weight excluding hydrogens is 375 g/mol. The van der Waals surface area contributed by atoms with Gasteiger partial charge in [0, 0.05) is 24.7 Å². The molecule has 0 aliphatic heterocycles. The van der Waals surface area contributed by atoms with Crippen molar-refractivity contribution in [1.29, 1.82) is 0 Å². The summed E-state index contributed by atoms with van der Waals surface area (Å²) in [6.07, 6.45) is 4.07. The number of nitrogen functional groups attached to an aromatic ring is 1. The maximum Gasteiger partial charge on any atom is 0.330 e. The highest BCUT2D eigenvalue weighted by Gasteiger charge is 2.23. The van der Waals surface area contributed by atoms with Crippen LogP contribution in [0, 0.1) is 11.7 Å². The number of nitrogens with one attached hydrogen (secondary N) is 1. The van der Waals surface area contributed by atoms with Crippen LogP contribution in [0.3, 0.4) is 0 Å². The normalized spacial score (nSPS) is 11.3. The van der Waals surface area contributed by atoms with Crippen molar-refractivity contribution in [2.45, 2.75) is 40.2 Å². The van der Waals surface area contributed by atoms with E-state index in [1.165, 1.54) is 33.8 Å². The summed E-state index contributed by atoms with van der Waals surface area (Å²) >= 11 is 0. The van der Waals surface area contributed by atoms with Crippen molar-refractivity contribution in [3.63, 3.8) is 0 Å². The van der Waals surface area contributed by atoms with E-state index in [0.29, 0.717) is 13.0 Å². The van der Waals surface area contributed by atoms with Gasteiger partial charge in [0.05, 0.1) is 0 Å². The lowest BCUT2D eigenvalue weighted by molar-refractivity contribution is -0.114. The smallest absolute Gasteiger partial charge is 0.330 e. The molecule has 0 saturated carbocycles. The number of aromatic amines is 1. The zero-order valence-corrected chi connectivity index (χ0v) is 16.9. The first-order chi connectivity index (χ1) is 13.8. The molecule has 0 saturated heterocycles. The van der Waals surface area contributed by atoms with Crippen molar-refractivity contribution in [3.8, 4) is 0 Å². The summed E-state index contributed by atoms with van der Waals surface area (Å²) in [5, 5.41) is 0. The first-order valence-corrected chi connectivity index (χ1v) is 9.63. The number of nitrogens with zero attached hydrogens (tertiary/aromatic N) is 2. The Bertz CT molecular complexity index is 1010. The average Bonchev–Trinajstić information content (AvgIpc) is 2.65. The van der Waals surface area contributed by atoms with Gasteiger partial charge >= 0.3 is 5.69 Å². The number of carbonyl (C=O) groups excluding carboxylic acids is 1. The maximum absolute atomic E-state index is 13.8. The molecule has 0 aliphatic rings. The number of carbonyl (C=O) groups is 1. The number of anilines is 2. The van der Waals surface area contributed by atoms with Crippen molar-refractivity contribution >= 4 is 23.5 Å². The number of halogens is 1. The molecule has 0 unspecified atom stereocenters. The van der Waals surface area contributed by atoms with Crippen molar-refractivity contribution in [2.75, 3.05) is 17.2 Å². The summed E-state index contributed by atoms with van der Waals surface area (Å²) in [5.41, 5.74) is 4.98. The molecule has 1 heterocycles. The minimum Gasteiger partial charge on any atom is -0.383 e. The summed E-state index contributed by atoms with van der Waals surface area (Å²) in [7, 11) is 0. The number of hydrogen-bond donors (Lipinski definition) is 2. The van der Waals surface area contributed by atoms with Gasteiger partial charge in [-0.25, -0.2) is 9.18 Å². The molecule has 156 valence electrons. The van der Waals surface area contributed by atoms with Gasteiger partial charge in [0.1, 0.15) is 11.6 Å². The Hall–Kier alpha value is -3.16. The molecule has 1 aromatic heterocycles. The van der Waals surface area contributed by atoms with Gasteiger partial charge in [-0.3, -0.25) is 19.1 Å². The fraction of sp³-hybridized carbons (Fsp3) is 0.381. The Kier molecular flexibility index (Phi) is 7.52. The molecular formula is C21H27FN4O3. The molecule has 7 nitrogen and oxygen atoms in total. The fourth-order valence-electron chi connectivity index (χ4n) is 2.89. The van der Waals surface area contributed by atoms with E-state index in [4.69, 9.17) is 5.73 Å². The summed E-state index contributed by atoms with van der Waals surface area (Å²) in [6.45, 7) is 6.28. The molecule has 8 heteroatoms. The van der Waals surface area contributed by atoms with Gasteiger partial charge in [-0.1, -0.05) is 45.4 Å². The van der Waals surface area contributed by atoms with Gasteiger partial charge in [0.2, 0.25) is 0 Å². The minimum absolute atomic E-state index is 0.0237. The van der Waals surface area contributed by atoms with E-state index in [1.807, 2.05) is 20.8 Å². The van der Waals surface area contributed by atoms with Gasteiger partial charge in [-0.2, -0.15) is 0 Å². The number of hydrogen-bond acceptors (Lipinski definition) is 4. The molecule has 0 fully saturated rings. The van der Waals surface area contributed by atoms with Gasteiger partial charge in [0.25, 0.3) is 11.5 Å². The summed E-state index contributed by atoms with van der Waals surface area (Å²) in [5.74, 6) is -1.02. The second-order valence-corrected chi connectivity index (χ2v) is 7.20. The molecule has 29 heavy (non-hydrogen) atoms. The number of amides is 1. The van der Waals surface area contributed by atoms with Crippen LogP contribution in [0.4, 0.5) is 15.9 Å². The van der Waals surface area contributed by atoms with Crippen molar-refractivity contribution < 1.29 is 9.18 Å². The quantitative estimate of drug-likeness (QED) is 0.663. The van der Waals surface area contributed by atoms with Crippen LogP contribution in [0.5, 0.6) is 0 Å². The van der Waals surface area contributed by atoms with Gasteiger partial charge in [0.15, 0.2) is 5.69 Å². The third kappa shape index (κ3) is 5.43. The van der Waals surface area contributed by atoms with Crippen molar-refractivity contribution in [3.05, 3.63) is 62.6 Å². The summed E-state index contributed by atoms with van der Waals surface area (Å²) in [6, 6.07) is 6.05. The number of unbranched alkanes of at least 4 members (excludes halogenated alkanes) is 1. The third-order valence-electron chi connectivity index (χ3n) is 4.34. The Morgan fingerprint density at radius 3 is 2.62 bits per heavy atom. The second kappa shape index (κ2) is 9.86. The van der Waals surface area contributed by atoms with Gasteiger partial charge < -0.3 is 10.6 Å². The van der Waals surface area contributed by atoms with Crippen LogP contribution in [0.25, 0.3) is 6.08 Å². The predicted molar refractivity (Wildman–Crippen MR) is 113 cm³/mol. The van der Waals surface area contributed by atoms with Crippen LogP contribution in [-0.2, 0) is 11.3 Å². The van der Waals surface area contributed by atoms with E-state index in [1.54, 1.807) is 12.1 Å². The van der Waals surface area contributed by atoms with Crippen LogP contribution in [0.2, 0.25) is 0 Å². The number of benzene rings is 1. The lowest BCUT2D eigenvalue weighted by atomic mass is 10.1. The SMILES string of the molecule is CCCCn1c(N)c(N(CC(C)C)C(=O)/C=C/c2ccccc2F)c(=O)[nH]c1=O. The highest BCUT2D eigenvalue weighted by atomic mass is 19.1. The van der Waals surface area contributed by atoms with E-state index in [9.17, 15) is 18.8 Å². The van der Waals surface area contributed by atoms with E-state index < -0.39 is 23.0 Å². The Balaban J connectivity index is 2.49. The van der Waals surface area contributed by atoms with E-state index >= 15 is 0 Å². The Morgan fingerprint density at radius 1 is 1.31 bits per heavy atom. The first kappa shape index (κ1) is 22.1. The molecule has 1 aromatic carbocycles. The largest absolute Gasteiger partial charge is 0.383 e. The lowest BCUT2D eigenvalue weighted by Gasteiger charge is -2.25. The van der Waals surface area contributed by atoms with E-state index in [0.717, 1.165) is 6.42 Å². The third-order valence-corrected chi connectivity index (χ3v) is 4.34. The van der Waals surface area contributed by atoms with Crippen LogP contribution in [0.1, 0.15) is 39.2 Å². The molecule has 0 bridgehead atoms. The van der Waals surface area contributed by atoms with E-state index in [-0.39, 0.29) is 29.5 Å². The molecule has 1 amide bonds. The topological polar surface area (TPSA) is 101 Å². The van der Waals surface area contributed by atoms with Crippen LogP contribution < -0.4 is 21.9 Å². The molecule has 2 aromatic rings. The highest BCUT2D eigenvalue weighted by Crippen LogP contribution is 2.20. The van der Waals surface area contributed by atoms with E-state index in [2.05, 4.69) is 4.98 Å². The van der Waals surface area contributed by atoms with Crippen molar-refractivity contribution in [1.82, 2.24) is 9.55 Å². The summed E-state index contributed by atoms with van der Waals surface area (Å²) in [4.78, 5) is 41.0. The van der Waals surface area contributed by atoms with Crippen LogP contribution >= 0.6 is 0 Å². The van der Waals surface area contributed by atoms with Crippen LogP contribution in [0.15, 0.2) is 39.9 Å². The number of aromatic nitrogens is 2. The monoisotopic (exact) mass is 402 g/mol. The van der Waals surface area contributed by atoms with Crippen molar-refractivity contribution in [2.24, 2.45) is 5.92 Å². The number of nitrogens with two attached hydrogens (primary N) is 1. The lowest BCUT2D eigenvalue weighted by Crippen LogP contribution is -2.42. The standard InChI is InChI=1S/C21H27FN4O3/c1-4-5-12-25-19(23)18(20(28)24-21(25)29)26(13-14(2)3)17(27)11-10-15-8-6-7-9-16(15)22/h6-11,14H,4-5,12-13,23H2,1-3H3,(H,24,28,29)/b11-10+. The van der Waals surface area contributed by atoms with Gasteiger partial charge in [-0.15, -0.1) is 0 Å². The highest BCUT2D eigenvalue weighted by molar-refractivity contribution is 6.05. The second-order valence-electron chi connectivity index (χ2n) is 7.20. The molecule has 2 rings (SSSR count). The molecule has 0 aliphatic carbocycles. The maximum atomic E-state index is 13.8. The average molecular weight is 402 g/mol. The molecule has 0 atom stereocenters. The Morgan fingerprint density at radius 2 is 2.00 bits per heavy atom. The fourth-order valence-corrected chi connectivity index (χ4v) is 2.89. The zero-order chi connectivity index (χ0) is 21.6. The predicted octanol–water partition coefficient (Wildman–Crippen LogP) is 2.76. The Labute approximate surface area is 168 Å². The molecule has 3 N–H and O–H groups in total. The first-order valence-electron chi connectivity index (χ1n) is 9.63. The number of H-pyrrole nitrogens is 1. The van der Waals surface area contributed by atoms with Crippen LogP contribution in [-0.4, -0.2) is 22.0 Å². The number of rotatable bonds is 8. The summed E-state index contributed by atoms with van der Waals surface area (Å²) < 4.78 is 15.1. The van der Waals surface area contributed by atoms with Gasteiger partial charge in [-0.05, 0) is 24.5 Å². The zero-order valence-electron chi connectivity index (χ0n) is 16.9. The molecule has 0 radical (unpaired) electrons. The molecule has 0 spiro atoms. The minimum atomic E-state index is -0.728.